The second kappa shape index (κ2) is 7.94. The van der Waals surface area contributed by atoms with E-state index in [0.29, 0.717) is 10.7 Å². The number of aryl methyl sites for hydroxylation is 2. The fraction of sp³-hybridized carbons (Fsp3) is 0.238. The number of nitrogens with zero attached hydrogens (tertiary/aromatic N) is 1. The minimum absolute atomic E-state index is 0.00211. The zero-order valence-corrected chi connectivity index (χ0v) is 16.1. The predicted molar refractivity (Wildman–Crippen MR) is 108 cm³/mol. The Kier molecular flexibility index (Phi) is 5.63. The Hall–Kier alpha value is -2.63. The highest BCUT2D eigenvalue weighted by Gasteiger charge is 2.29. The molecule has 2 aromatic carbocycles. The molecule has 3 N–H and O–H groups in total. The number of ketones is 1. The molecule has 3 rings (SSSR count). The molecule has 1 aliphatic rings. The van der Waals surface area contributed by atoms with Gasteiger partial charge in [0.05, 0.1) is 6.04 Å². The van der Waals surface area contributed by atoms with Gasteiger partial charge in [0.25, 0.3) is 0 Å². The lowest BCUT2D eigenvalue weighted by molar-refractivity contribution is -0.116. The molecule has 1 aliphatic heterocycles. The van der Waals surface area contributed by atoms with Crippen molar-refractivity contribution in [1.29, 1.82) is 0 Å². The van der Waals surface area contributed by atoms with E-state index in [4.69, 9.17) is 17.3 Å². The lowest BCUT2D eigenvalue weighted by Crippen LogP contribution is -2.37. The van der Waals surface area contributed by atoms with Crippen LogP contribution in [0.4, 0.5) is 10.5 Å². The monoisotopic (exact) mass is 383 g/mol. The third-order valence-electron chi connectivity index (χ3n) is 4.70. The molecule has 6 heteroatoms. The minimum Gasteiger partial charge on any atom is -0.326 e. The van der Waals surface area contributed by atoms with E-state index in [0.717, 1.165) is 22.3 Å². The topological polar surface area (TPSA) is 75.4 Å². The number of hydrogen-bond donors (Lipinski definition) is 2. The Morgan fingerprint density at radius 3 is 2.63 bits per heavy atom. The van der Waals surface area contributed by atoms with Crippen LogP contribution in [-0.2, 0) is 11.3 Å². The van der Waals surface area contributed by atoms with Gasteiger partial charge in [-0.25, -0.2) is 4.79 Å². The van der Waals surface area contributed by atoms with Gasteiger partial charge in [-0.05, 0) is 48.7 Å². The molecule has 1 unspecified atom stereocenters. The van der Waals surface area contributed by atoms with Crippen molar-refractivity contribution >= 4 is 29.1 Å². The first-order chi connectivity index (χ1) is 12.9. The van der Waals surface area contributed by atoms with Crippen molar-refractivity contribution in [2.45, 2.75) is 32.9 Å². The molecule has 0 saturated carbocycles. The van der Waals surface area contributed by atoms with E-state index < -0.39 is 0 Å². The van der Waals surface area contributed by atoms with Gasteiger partial charge >= 0.3 is 6.03 Å². The zero-order chi connectivity index (χ0) is 19.6. The average molecular weight is 384 g/mol. The Bertz CT molecular complexity index is 906. The van der Waals surface area contributed by atoms with Crippen molar-refractivity contribution in [3.8, 4) is 0 Å². The lowest BCUT2D eigenvalue weighted by Gasteiger charge is -2.31. The summed E-state index contributed by atoms with van der Waals surface area (Å²) in [5, 5.41) is 3.50. The summed E-state index contributed by atoms with van der Waals surface area (Å²) in [5.74, 6) is -0.00211. The summed E-state index contributed by atoms with van der Waals surface area (Å²) in [6, 6.07) is 10.8. The van der Waals surface area contributed by atoms with Gasteiger partial charge in [-0.2, -0.15) is 0 Å². The van der Waals surface area contributed by atoms with E-state index in [1.165, 1.54) is 6.08 Å². The molecule has 2 amide bonds. The highest BCUT2D eigenvalue weighted by molar-refractivity contribution is 6.31. The van der Waals surface area contributed by atoms with Crippen LogP contribution in [0.25, 0.3) is 0 Å². The zero-order valence-electron chi connectivity index (χ0n) is 15.3. The number of carbonyl (C=O) groups excluding carboxylic acids is 2. The largest absolute Gasteiger partial charge is 0.326 e. The van der Waals surface area contributed by atoms with E-state index >= 15 is 0 Å². The van der Waals surface area contributed by atoms with Gasteiger partial charge in [-0.1, -0.05) is 41.4 Å². The van der Waals surface area contributed by atoms with Gasteiger partial charge in [-0.3, -0.25) is 9.69 Å². The van der Waals surface area contributed by atoms with E-state index in [1.54, 1.807) is 23.2 Å². The molecule has 1 heterocycles. The van der Waals surface area contributed by atoms with Crippen LogP contribution in [0.1, 0.15) is 34.7 Å². The normalized spacial score (nSPS) is 16.5. The van der Waals surface area contributed by atoms with Crippen molar-refractivity contribution in [2.24, 2.45) is 5.73 Å². The molecule has 140 valence electrons. The number of anilines is 1. The van der Waals surface area contributed by atoms with Gasteiger partial charge in [-0.15, -0.1) is 0 Å². The first-order valence-electron chi connectivity index (χ1n) is 8.75. The molecule has 5 nitrogen and oxygen atoms in total. The molecule has 0 radical (unpaired) electrons. The number of amides is 2. The summed E-state index contributed by atoms with van der Waals surface area (Å²) in [7, 11) is 0. The van der Waals surface area contributed by atoms with Gasteiger partial charge < -0.3 is 11.1 Å². The van der Waals surface area contributed by atoms with Gasteiger partial charge in [0.1, 0.15) is 0 Å². The van der Waals surface area contributed by atoms with Crippen LogP contribution in [0.2, 0.25) is 5.02 Å². The van der Waals surface area contributed by atoms with Gasteiger partial charge in [0, 0.05) is 29.9 Å². The SMILES string of the molecule is Cc1ccc(C2CC(=O)C=CN2C(=O)Nc2cc(CN)c(Cl)cc2C)cc1. The molecule has 0 spiro atoms. The average Bonchev–Trinajstić information content (AvgIpc) is 2.64. The fourth-order valence-corrected chi connectivity index (χ4v) is 3.38. The number of benzene rings is 2. The van der Waals surface area contributed by atoms with Crippen molar-refractivity contribution in [2.75, 3.05) is 5.32 Å². The van der Waals surface area contributed by atoms with E-state index in [2.05, 4.69) is 5.32 Å². The summed E-state index contributed by atoms with van der Waals surface area (Å²) in [6.45, 7) is 4.15. The molecule has 27 heavy (non-hydrogen) atoms. The quantitative estimate of drug-likeness (QED) is 0.820. The minimum atomic E-state index is -0.343. The summed E-state index contributed by atoms with van der Waals surface area (Å²) < 4.78 is 0. The number of urea groups is 1. The second-order valence-corrected chi connectivity index (χ2v) is 7.12. The molecule has 2 aromatic rings. The van der Waals surface area contributed by atoms with Crippen LogP contribution in [0, 0.1) is 13.8 Å². The third-order valence-corrected chi connectivity index (χ3v) is 5.05. The van der Waals surface area contributed by atoms with Gasteiger partial charge in [0.2, 0.25) is 0 Å². The Balaban J connectivity index is 1.88. The molecule has 1 atom stereocenters. The Morgan fingerprint density at radius 2 is 1.96 bits per heavy atom. The maximum absolute atomic E-state index is 12.9. The summed E-state index contributed by atoms with van der Waals surface area (Å²) in [4.78, 5) is 26.4. The van der Waals surface area contributed by atoms with Crippen molar-refractivity contribution in [3.63, 3.8) is 0 Å². The summed E-state index contributed by atoms with van der Waals surface area (Å²) >= 11 is 6.17. The predicted octanol–water partition coefficient (Wildman–Crippen LogP) is 4.48. The molecule has 0 bridgehead atoms. The molecular weight excluding hydrogens is 362 g/mol. The second-order valence-electron chi connectivity index (χ2n) is 6.71. The number of carbonyl (C=O) groups is 2. The van der Waals surface area contributed by atoms with Crippen LogP contribution in [-0.4, -0.2) is 16.7 Å². The number of nitrogens with two attached hydrogens (primary N) is 1. The highest BCUT2D eigenvalue weighted by atomic mass is 35.5. The van der Waals surface area contributed by atoms with Crippen LogP contribution in [0.3, 0.4) is 0 Å². The highest BCUT2D eigenvalue weighted by Crippen LogP contribution is 2.30. The number of hydrogen-bond acceptors (Lipinski definition) is 3. The number of halogens is 1. The Labute approximate surface area is 163 Å². The summed E-state index contributed by atoms with van der Waals surface area (Å²) in [6.07, 6.45) is 3.23. The molecule has 0 aliphatic carbocycles. The van der Waals surface area contributed by atoms with E-state index in [9.17, 15) is 9.59 Å². The van der Waals surface area contributed by atoms with Crippen molar-refractivity contribution in [1.82, 2.24) is 4.90 Å². The fourth-order valence-electron chi connectivity index (χ4n) is 3.09. The standard InChI is InChI=1S/C21H22ClN3O2/c1-13-3-5-15(6-4-13)20-11-17(26)7-8-25(20)21(27)24-19-10-16(12-23)18(22)9-14(19)2/h3-10,20H,11-12,23H2,1-2H3,(H,24,27). The van der Waals surface area contributed by atoms with Crippen LogP contribution < -0.4 is 11.1 Å². The van der Waals surface area contributed by atoms with Crippen LogP contribution in [0.15, 0.2) is 48.7 Å². The van der Waals surface area contributed by atoms with Crippen molar-refractivity contribution < 1.29 is 9.59 Å². The molecule has 0 fully saturated rings. The van der Waals surface area contributed by atoms with E-state index in [1.807, 2.05) is 38.1 Å². The van der Waals surface area contributed by atoms with Crippen molar-refractivity contribution in [3.05, 3.63) is 76.0 Å². The molecule has 0 aromatic heterocycles. The molecule has 0 saturated heterocycles. The first-order valence-corrected chi connectivity index (χ1v) is 9.13. The maximum atomic E-state index is 12.9. The van der Waals surface area contributed by atoms with Crippen LogP contribution >= 0.6 is 11.6 Å². The van der Waals surface area contributed by atoms with Crippen LogP contribution in [0.5, 0.6) is 0 Å². The Morgan fingerprint density at radius 1 is 1.26 bits per heavy atom. The number of nitrogens with one attached hydrogen (secondary N) is 1. The smallest absolute Gasteiger partial charge is 0.326 e. The van der Waals surface area contributed by atoms with Gasteiger partial charge in [0.15, 0.2) is 5.78 Å². The summed E-state index contributed by atoms with van der Waals surface area (Å²) in [5.41, 5.74) is 10.0. The lowest BCUT2D eigenvalue weighted by atomic mass is 9.97. The third kappa shape index (κ3) is 4.21. The number of allylic oxidation sites excluding steroid dienone is 1. The first kappa shape index (κ1) is 19.1. The number of rotatable bonds is 3. The maximum Gasteiger partial charge on any atom is 0.326 e. The van der Waals surface area contributed by atoms with E-state index in [-0.39, 0.29) is 30.8 Å². The molecular formula is C21H22ClN3O2.